The predicted octanol–water partition coefficient (Wildman–Crippen LogP) is 3.48. The number of nitrogens with zero attached hydrogens (tertiary/aromatic N) is 2. The molecule has 2 saturated heterocycles. The number of piperidine rings is 1. The Labute approximate surface area is 188 Å². The number of aromatic nitrogens is 1. The molecule has 164 valence electrons. The summed E-state index contributed by atoms with van der Waals surface area (Å²) in [5.74, 6) is 0.792. The van der Waals surface area contributed by atoms with Gasteiger partial charge < -0.3 is 15.5 Å². The van der Waals surface area contributed by atoms with Crippen LogP contribution in [0.5, 0.6) is 0 Å². The summed E-state index contributed by atoms with van der Waals surface area (Å²) in [6.07, 6.45) is 6.30. The number of benzene rings is 2. The van der Waals surface area contributed by atoms with Crippen molar-refractivity contribution in [3.05, 3.63) is 72.1 Å². The first-order valence-corrected chi connectivity index (χ1v) is 11.4. The summed E-state index contributed by atoms with van der Waals surface area (Å²) < 4.78 is 0. The summed E-state index contributed by atoms with van der Waals surface area (Å²) in [7, 11) is 0. The van der Waals surface area contributed by atoms with Gasteiger partial charge in [0.1, 0.15) is 0 Å². The number of carbonyl (C=O) groups excluding carboxylic acids is 2. The number of pyridine rings is 1. The molecule has 3 heterocycles. The van der Waals surface area contributed by atoms with E-state index in [1.54, 1.807) is 6.20 Å². The van der Waals surface area contributed by atoms with Gasteiger partial charge in [-0.05, 0) is 73.1 Å². The van der Waals surface area contributed by atoms with Gasteiger partial charge in [-0.1, -0.05) is 18.2 Å². The first-order valence-electron chi connectivity index (χ1n) is 11.4. The fourth-order valence-electron chi connectivity index (χ4n) is 4.75. The van der Waals surface area contributed by atoms with Gasteiger partial charge >= 0.3 is 0 Å². The fraction of sp³-hybridized carbons (Fsp3) is 0.346. The van der Waals surface area contributed by atoms with E-state index < -0.39 is 0 Å². The van der Waals surface area contributed by atoms with Gasteiger partial charge in [0.25, 0.3) is 5.91 Å². The summed E-state index contributed by atoms with van der Waals surface area (Å²) in [5, 5.41) is 8.56. The highest BCUT2D eigenvalue weighted by Gasteiger charge is 2.31. The van der Waals surface area contributed by atoms with Crippen LogP contribution < -0.4 is 15.5 Å². The van der Waals surface area contributed by atoms with Gasteiger partial charge in [-0.15, -0.1) is 0 Å². The Balaban J connectivity index is 1.23. The smallest absolute Gasteiger partial charge is 0.251 e. The first kappa shape index (κ1) is 20.6. The Hall–Kier alpha value is -3.25. The molecule has 2 aliphatic rings. The van der Waals surface area contributed by atoms with Crippen LogP contribution in [-0.4, -0.2) is 43.0 Å². The molecule has 6 heteroatoms. The second kappa shape index (κ2) is 9.09. The molecule has 6 nitrogen and oxygen atoms in total. The zero-order valence-corrected chi connectivity index (χ0v) is 18.1. The maximum absolute atomic E-state index is 12.8. The van der Waals surface area contributed by atoms with E-state index in [4.69, 9.17) is 0 Å². The molecule has 2 N–H and O–H groups in total. The number of nitrogens with one attached hydrogen (secondary N) is 2. The van der Waals surface area contributed by atoms with E-state index in [-0.39, 0.29) is 17.7 Å². The Morgan fingerprint density at radius 1 is 1.06 bits per heavy atom. The molecule has 0 aliphatic carbocycles. The third-order valence-electron chi connectivity index (χ3n) is 6.72. The average Bonchev–Trinajstić information content (AvgIpc) is 3.24. The Morgan fingerprint density at radius 3 is 2.69 bits per heavy atom. The number of carbonyl (C=O) groups is 2. The molecular weight excluding hydrogens is 400 g/mol. The van der Waals surface area contributed by atoms with Crippen molar-refractivity contribution in [2.75, 3.05) is 31.1 Å². The van der Waals surface area contributed by atoms with E-state index in [9.17, 15) is 9.59 Å². The normalized spacial score (nSPS) is 19.4. The fourth-order valence-corrected chi connectivity index (χ4v) is 4.75. The number of anilines is 1. The molecule has 2 fully saturated rings. The molecule has 1 aromatic heterocycles. The summed E-state index contributed by atoms with van der Waals surface area (Å²) in [6, 6.07) is 15.8. The van der Waals surface area contributed by atoms with Crippen molar-refractivity contribution in [2.45, 2.75) is 25.2 Å². The highest BCUT2D eigenvalue weighted by atomic mass is 16.2. The molecule has 2 aliphatic heterocycles. The molecular formula is C26H28N4O2. The molecule has 1 unspecified atom stereocenters. The van der Waals surface area contributed by atoms with Crippen molar-refractivity contribution < 1.29 is 9.59 Å². The van der Waals surface area contributed by atoms with E-state index in [1.165, 1.54) is 0 Å². The molecule has 1 atom stereocenters. The van der Waals surface area contributed by atoms with Crippen LogP contribution in [0.15, 0.2) is 60.9 Å². The van der Waals surface area contributed by atoms with Gasteiger partial charge in [0.2, 0.25) is 5.91 Å². The number of fused-ring (bicyclic) bond motifs is 1. The van der Waals surface area contributed by atoms with Gasteiger partial charge in [0, 0.05) is 54.5 Å². The third-order valence-corrected chi connectivity index (χ3v) is 6.72. The van der Waals surface area contributed by atoms with E-state index in [1.807, 2.05) is 59.6 Å². The molecule has 0 bridgehead atoms. The van der Waals surface area contributed by atoms with Crippen LogP contribution in [0.4, 0.5) is 5.69 Å². The van der Waals surface area contributed by atoms with Crippen molar-refractivity contribution in [1.29, 1.82) is 0 Å². The first-order chi connectivity index (χ1) is 15.7. The van der Waals surface area contributed by atoms with Gasteiger partial charge in [0.15, 0.2) is 0 Å². The highest BCUT2D eigenvalue weighted by Crippen LogP contribution is 2.33. The third kappa shape index (κ3) is 4.36. The van der Waals surface area contributed by atoms with Crippen LogP contribution in [0.3, 0.4) is 0 Å². The van der Waals surface area contributed by atoms with E-state index >= 15 is 0 Å². The minimum atomic E-state index is -0.0233. The minimum absolute atomic E-state index is 0.0233. The lowest BCUT2D eigenvalue weighted by Crippen LogP contribution is -2.35. The Bertz CT molecular complexity index is 1120. The summed E-state index contributed by atoms with van der Waals surface area (Å²) >= 11 is 0. The molecule has 32 heavy (non-hydrogen) atoms. The van der Waals surface area contributed by atoms with Crippen LogP contribution in [0, 0.1) is 5.92 Å². The number of hydrogen-bond acceptors (Lipinski definition) is 4. The lowest BCUT2D eigenvalue weighted by Gasteiger charge is -2.22. The second-order valence-corrected chi connectivity index (χ2v) is 8.84. The molecule has 2 aromatic carbocycles. The largest absolute Gasteiger partial charge is 0.352 e. The zero-order valence-electron chi connectivity index (χ0n) is 18.1. The van der Waals surface area contributed by atoms with Crippen LogP contribution >= 0.6 is 0 Å². The van der Waals surface area contributed by atoms with Gasteiger partial charge in [-0.25, -0.2) is 0 Å². The zero-order chi connectivity index (χ0) is 21.9. The quantitative estimate of drug-likeness (QED) is 0.653. The molecule has 5 rings (SSSR count). The van der Waals surface area contributed by atoms with E-state index in [0.717, 1.165) is 54.5 Å². The van der Waals surface area contributed by atoms with E-state index in [2.05, 4.69) is 15.6 Å². The van der Waals surface area contributed by atoms with Gasteiger partial charge in [-0.2, -0.15) is 0 Å². The molecule has 2 amide bonds. The van der Waals surface area contributed by atoms with Crippen molar-refractivity contribution in [1.82, 2.24) is 15.6 Å². The minimum Gasteiger partial charge on any atom is -0.352 e. The second-order valence-electron chi connectivity index (χ2n) is 8.84. The van der Waals surface area contributed by atoms with Crippen LogP contribution in [0.2, 0.25) is 0 Å². The number of rotatable bonds is 5. The number of amides is 2. The van der Waals surface area contributed by atoms with Gasteiger partial charge in [0.05, 0.1) is 0 Å². The van der Waals surface area contributed by atoms with Gasteiger partial charge in [-0.3, -0.25) is 14.6 Å². The molecule has 3 aromatic rings. The monoisotopic (exact) mass is 428 g/mol. The standard InChI is InChI=1S/C26H28N4O2/c31-25-14-23(17-30(25)24-6-5-22-16-28-12-9-21(22)13-24)19-1-3-20(4-2-19)26(32)29-15-18-7-10-27-11-8-18/h1-6,9,12-13,16,18,23,27H,7-8,10-11,14-15,17H2,(H,29,32). The lowest BCUT2D eigenvalue weighted by molar-refractivity contribution is -0.117. The Morgan fingerprint density at radius 2 is 1.88 bits per heavy atom. The van der Waals surface area contributed by atoms with Crippen molar-refractivity contribution in [3.63, 3.8) is 0 Å². The van der Waals surface area contributed by atoms with Crippen LogP contribution in [0.1, 0.15) is 41.1 Å². The molecule has 0 saturated carbocycles. The summed E-state index contributed by atoms with van der Waals surface area (Å²) in [6.45, 7) is 3.44. The molecule has 0 spiro atoms. The number of hydrogen-bond donors (Lipinski definition) is 2. The molecule has 0 radical (unpaired) electrons. The average molecular weight is 429 g/mol. The summed E-state index contributed by atoms with van der Waals surface area (Å²) in [4.78, 5) is 31.3. The highest BCUT2D eigenvalue weighted by molar-refractivity contribution is 5.99. The van der Waals surface area contributed by atoms with Crippen molar-refractivity contribution >= 4 is 28.3 Å². The van der Waals surface area contributed by atoms with Crippen LogP contribution in [-0.2, 0) is 4.79 Å². The lowest BCUT2D eigenvalue weighted by atomic mass is 9.96. The SMILES string of the molecule is O=C(NCC1CCNCC1)c1ccc(C2CC(=O)N(c3ccc4cnccc4c3)C2)cc1. The Kier molecular flexibility index (Phi) is 5.86. The van der Waals surface area contributed by atoms with Crippen molar-refractivity contribution in [2.24, 2.45) is 5.92 Å². The predicted molar refractivity (Wildman–Crippen MR) is 126 cm³/mol. The maximum atomic E-state index is 12.8. The summed E-state index contributed by atoms with van der Waals surface area (Å²) in [5.41, 5.74) is 2.69. The maximum Gasteiger partial charge on any atom is 0.251 e. The van der Waals surface area contributed by atoms with E-state index in [0.29, 0.717) is 24.4 Å². The van der Waals surface area contributed by atoms with Crippen molar-refractivity contribution in [3.8, 4) is 0 Å². The topological polar surface area (TPSA) is 74.3 Å². The van der Waals surface area contributed by atoms with Crippen LogP contribution in [0.25, 0.3) is 10.8 Å².